The van der Waals surface area contributed by atoms with E-state index in [0.29, 0.717) is 18.4 Å². The molecule has 1 N–H and O–H groups in total. The van der Waals surface area contributed by atoms with Crippen molar-refractivity contribution in [3.05, 3.63) is 40.2 Å². The largest absolute Gasteiger partial charge is 0.508 e. The van der Waals surface area contributed by atoms with Gasteiger partial charge in [-0.3, -0.25) is 0 Å². The Balaban J connectivity index is 2.63. The van der Waals surface area contributed by atoms with Crippen molar-refractivity contribution in [2.45, 2.75) is 12.8 Å². The van der Waals surface area contributed by atoms with Crippen molar-refractivity contribution in [3.63, 3.8) is 0 Å². The number of hydrogen-bond acceptors (Lipinski definition) is 4. The molecule has 1 heterocycles. The lowest BCUT2D eigenvalue weighted by atomic mass is 10.1. The maximum absolute atomic E-state index is 11.2. The van der Waals surface area contributed by atoms with Gasteiger partial charge in [-0.2, -0.15) is 0 Å². The number of hydrogen-bond donors (Lipinski definition) is 1. The lowest BCUT2D eigenvalue weighted by Crippen LogP contribution is -2.00. The smallest absolute Gasteiger partial charge is 0.336 e. The van der Waals surface area contributed by atoms with Gasteiger partial charge in [0.2, 0.25) is 0 Å². The quantitative estimate of drug-likeness (QED) is 0.628. The van der Waals surface area contributed by atoms with Gasteiger partial charge < -0.3 is 14.3 Å². The van der Waals surface area contributed by atoms with Crippen molar-refractivity contribution in [1.29, 1.82) is 0 Å². The molecular formula is C12H10O4. The SMILES string of the molecule is O=CCCc1cc(=O)oc2cc(O)ccc12. The molecule has 0 spiro atoms. The number of aromatic hydroxyl groups is 1. The predicted octanol–water partition coefficient (Wildman–Crippen LogP) is 1.63. The fraction of sp³-hybridized carbons (Fsp3) is 0.167. The van der Waals surface area contributed by atoms with Crippen molar-refractivity contribution in [2.75, 3.05) is 0 Å². The van der Waals surface area contributed by atoms with E-state index in [-0.39, 0.29) is 5.75 Å². The highest BCUT2D eigenvalue weighted by molar-refractivity contribution is 5.81. The Morgan fingerprint density at radius 2 is 2.12 bits per heavy atom. The molecule has 0 saturated heterocycles. The molecule has 0 aliphatic carbocycles. The molecule has 0 unspecified atom stereocenters. The summed E-state index contributed by atoms with van der Waals surface area (Å²) in [5.74, 6) is 0.0446. The molecule has 0 radical (unpaired) electrons. The van der Waals surface area contributed by atoms with Crippen LogP contribution >= 0.6 is 0 Å². The Morgan fingerprint density at radius 1 is 1.31 bits per heavy atom. The number of phenolic OH excluding ortho intramolecular Hbond substituents is 1. The van der Waals surface area contributed by atoms with E-state index in [1.165, 1.54) is 18.2 Å². The second-order valence-electron chi connectivity index (χ2n) is 3.48. The van der Waals surface area contributed by atoms with Gasteiger partial charge in [-0.1, -0.05) is 0 Å². The number of carbonyl (C=O) groups is 1. The monoisotopic (exact) mass is 218 g/mol. The minimum absolute atomic E-state index is 0.0446. The highest BCUT2D eigenvalue weighted by Gasteiger charge is 2.05. The molecule has 4 nitrogen and oxygen atoms in total. The summed E-state index contributed by atoms with van der Waals surface area (Å²) in [6.45, 7) is 0. The summed E-state index contributed by atoms with van der Waals surface area (Å²) in [7, 11) is 0. The molecule has 0 aliphatic heterocycles. The van der Waals surface area contributed by atoms with Crippen LogP contribution in [0.25, 0.3) is 11.0 Å². The molecule has 0 saturated carbocycles. The zero-order valence-electron chi connectivity index (χ0n) is 8.47. The van der Waals surface area contributed by atoms with E-state index < -0.39 is 5.63 Å². The van der Waals surface area contributed by atoms with E-state index in [1.54, 1.807) is 6.07 Å². The molecule has 0 bridgehead atoms. The number of phenols is 1. The van der Waals surface area contributed by atoms with Gasteiger partial charge in [-0.25, -0.2) is 4.79 Å². The van der Waals surface area contributed by atoms with Gasteiger partial charge in [0.15, 0.2) is 0 Å². The van der Waals surface area contributed by atoms with Crippen molar-refractivity contribution >= 4 is 17.3 Å². The molecule has 2 rings (SSSR count). The van der Waals surface area contributed by atoms with Crippen LogP contribution in [0.2, 0.25) is 0 Å². The standard InChI is InChI=1S/C12H10O4/c13-5-1-2-8-6-12(15)16-11-7-9(14)3-4-10(8)11/h3-7,14H,1-2H2. The molecule has 0 atom stereocenters. The van der Waals surface area contributed by atoms with Crippen molar-refractivity contribution in [3.8, 4) is 5.75 Å². The average molecular weight is 218 g/mol. The highest BCUT2D eigenvalue weighted by atomic mass is 16.4. The third-order valence-electron chi connectivity index (χ3n) is 2.35. The van der Waals surface area contributed by atoms with E-state index in [9.17, 15) is 14.7 Å². The Morgan fingerprint density at radius 3 is 2.88 bits per heavy atom. The first-order valence-corrected chi connectivity index (χ1v) is 4.90. The van der Waals surface area contributed by atoms with Gasteiger partial charge in [0.25, 0.3) is 0 Å². The summed E-state index contributed by atoms with van der Waals surface area (Å²) < 4.78 is 4.96. The van der Waals surface area contributed by atoms with Crippen LogP contribution in [0.5, 0.6) is 5.75 Å². The Bertz CT molecular complexity index is 583. The van der Waals surface area contributed by atoms with E-state index >= 15 is 0 Å². The highest BCUT2D eigenvalue weighted by Crippen LogP contribution is 2.22. The third-order valence-corrected chi connectivity index (χ3v) is 2.35. The fourth-order valence-electron chi connectivity index (χ4n) is 1.64. The lowest BCUT2D eigenvalue weighted by molar-refractivity contribution is -0.107. The first-order valence-electron chi connectivity index (χ1n) is 4.90. The summed E-state index contributed by atoms with van der Waals surface area (Å²) >= 11 is 0. The number of benzene rings is 1. The molecule has 82 valence electrons. The Hall–Kier alpha value is -2.10. The number of aldehydes is 1. The lowest BCUT2D eigenvalue weighted by Gasteiger charge is -2.03. The van der Waals surface area contributed by atoms with Crippen molar-refractivity contribution < 1.29 is 14.3 Å². The topological polar surface area (TPSA) is 67.5 Å². The normalized spacial score (nSPS) is 10.5. The van der Waals surface area contributed by atoms with Crippen LogP contribution in [0, 0.1) is 0 Å². The number of carbonyl (C=O) groups excluding carboxylic acids is 1. The Labute approximate surface area is 91.1 Å². The average Bonchev–Trinajstić information content (AvgIpc) is 2.25. The molecule has 2 aromatic rings. The van der Waals surface area contributed by atoms with Crippen LogP contribution in [0.15, 0.2) is 33.5 Å². The molecule has 0 aliphatic rings. The van der Waals surface area contributed by atoms with E-state index in [1.807, 2.05) is 0 Å². The minimum Gasteiger partial charge on any atom is -0.508 e. The van der Waals surface area contributed by atoms with Crippen molar-refractivity contribution in [2.24, 2.45) is 0 Å². The molecule has 16 heavy (non-hydrogen) atoms. The summed E-state index contributed by atoms with van der Waals surface area (Å²) in [5.41, 5.74) is 0.630. The van der Waals surface area contributed by atoms with Gasteiger partial charge in [-0.15, -0.1) is 0 Å². The molecule has 0 amide bonds. The van der Waals surface area contributed by atoms with Gasteiger partial charge in [0, 0.05) is 23.9 Å². The molecule has 1 aromatic heterocycles. The fourth-order valence-corrected chi connectivity index (χ4v) is 1.64. The summed E-state index contributed by atoms with van der Waals surface area (Å²) in [6.07, 6.45) is 1.66. The van der Waals surface area contributed by atoms with Crippen molar-refractivity contribution in [1.82, 2.24) is 0 Å². The minimum atomic E-state index is -0.473. The predicted molar refractivity (Wildman–Crippen MR) is 58.5 cm³/mol. The molecule has 4 heteroatoms. The Kier molecular flexibility index (Phi) is 2.72. The zero-order valence-corrected chi connectivity index (χ0v) is 8.47. The van der Waals surface area contributed by atoms with Crippen LogP contribution in [0.4, 0.5) is 0 Å². The zero-order chi connectivity index (χ0) is 11.5. The first-order chi connectivity index (χ1) is 7.70. The van der Waals surface area contributed by atoms with Crippen LogP contribution in [0.3, 0.4) is 0 Å². The van der Waals surface area contributed by atoms with Gasteiger partial charge in [0.1, 0.15) is 17.6 Å². The van der Waals surface area contributed by atoms with Crippen LogP contribution < -0.4 is 5.63 Å². The molecular weight excluding hydrogens is 208 g/mol. The first kappa shape index (κ1) is 10.4. The summed E-state index contributed by atoms with van der Waals surface area (Å²) in [5, 5.41) is 10.0. The van der Waals surface area contributed by atoms with Gasteiger partial charge >= 0.3 is 5.63 Å². The maximum Gasteiger partial charge on any atom is 0.336 e. The maximum atomic E-state index is 11.2. The summed E-state index contributed by atoms with van der Waals surface area (Å²) in [6, 6.07) is 5.96. The van der Waals surface area contributed by atoms with Crippen LogP contribution in [-0.2, 0) is 11.2 Å². The number of fused-ring (bicyclic) bond motifs is 1. The molecule has 0 fully saturated rings. The van der Waals surface area contributed by atoms with Crippen LogP contribution in [-0.4, -0.2) is 11.4 Å². The van der Waals surface area contributed by atoms with Gasteiger partial charge in [0.05, 0.1) is 0 Å². The summed E-state index contributed by atoms with van der Waals surface area (Å²) in [4.78, 5) is 21.6. The van der Waals surface area contributed by atoms with E-state index in [0.717, 1.165) is 17.2 Å². The third kappa shape index (κ3) is 1.95. The second-order valence-corrected chi connectivity index (χ2v) is 3.48. The van der Waals surface area contributed by atoms with E-state index in [4.69, 9.17) is 4.42 Å². The van der Waals surface area contributed by atoms with Crippen LogP contribution in [0.1, 0.15) is 12.0 Å². The second kappa shape index (κ2) is 4.18. The van der Waals surface area contributed by atoms with E-state index in [2.05, 4.69) is 0 Å². The van der Waals surface area contributed by atoms with Gasteiger partial charge in [-0.05, 0) is 24.1 Å². The molecule has 1 aromatic carbocycles. The number of aryl methyl sites for hydroxylation is 1. The number of rotatable bonds is 3.